The third kappa shape index (κ3) is 3.33. The molecular weight excluding hydrogens is 232 g/mol. The molecule has 2 nitrogen and oxygen atoms in total. The molecule has 1 aliphatic heterocycles. The van der Waals surface area contributed by atoms with Crippen molar-refractivity contribution < 1.29 is 0 Å². The Balaban J connectivity index is 2.11. The predicted molar refractivity (Wildman–Crippen MR) is 83.5 cm³/mol. The van der Waals surface area contributed by atoms with Gasteiger partial charge in [0.05, 0.1) is 0 Å². The van der Waals surface area contributed by atoms with Gasteiger partial charge in [0.25, 0.3) is 0 Å². The fourth-order valence-electron chi connectivity index (χ4n) is 4.52. The molecule has 0 radical (unpaired) electrons. The Morgan fingerprint density at radius 3 is 2.58 bits per heavy atom. The summed E-state index contributed by atoms with van der Waals surface area (Å²) in [5.41, 5.74) is 0.446. The predicted octanol–water partition coefficient (Wildman–Crippen LogP) is 3.66. The average Bonchev–Trinajstić information content (AvgIpc) is 2.32. The zero-order valence-electron chi connectivity index (χ0n) is 13.7. The van der Waals surface area contributed by atoms with Crippen molar-refractivity contribution in [1.82, 2.24) is 10.2 Å². The van der Waals surface area contributed by atoms with Gasteiger partial charge in [-0.15, -0.1) is 0 Å². The first-order chi connectivity index (χ1) is 8.95. The van der Waals surface area contributed by atoms with Gasteiger partial charge >= 0.3 is 0 Å². The van der Waals surface area contributed by atoms with E-state index in [1.807, 2.05) is 0 Å². The van der Waals surface area contributed by atoms with Gasteiger partial charge in [0.2, 0.25) is 0 Å². The molecule has 0 aromatic carbocycles. The summed E-state index contributed by atoms with van der Waals surface area (Å²) in [6.45, 7) is 14.5. The van der Waals surface area contributed by atoms with Crippen LogP contribution in [0.25, 0.3) is 0 Å². The van der Waals surface area contributed by atoms with E-state index in [1.165, 1.54) is 38.6 Å². The van der Waals surface area contributed by atoms with E-state index in [9.17, 15) is 0 Å². The summed E-state index contributed by atoms with van der Waals surface area (Å²) < 4.78 is 0. The maximum Gasteiger partial charge on any atom is 0.0274 e. The molecular formula is C17H34N2. The summed E-state index contributed by atoms with van der Waals surface area (Å²) in [5, 5.41) is 3.81. The minimum atomic E-state index is 0.446. The topological polar surface area (TPSA) is 15.3 Å². The van der Waals surface area contributed by atoms with E-state index in [1.54, 1.807) is 0 Å². The fourth-order valence-corrected chi connectivity index (χ4v) is 4.52. The normalized spacial score (nSPS) is 40.3. The maximum atomic E-state index is 3.81. The van der Waals surface area contributed by atoms with Gasteiger partial charge in [0, 0.05) is 18.1 Å². The highest BCUT2D eigenvalue weighted by Gasteiger charge is 2.42. The molecule has 1 saturated carbocycles. The van der Waals surface area contributed by atoms with Crippen molar-refractivity contribution in [3.63, 3.8) is 0 Å². The Morgan fingerprint density at radius 1 is 1.21 bits per heavy atom. The maximum absolute atomic E-state index is 3.81. The highest BCUT2D eigenvalue weighted by molar-refractivity contribution is 4.99. The minimum Gasteiger partial charge on any atom is -0.312 e. The van der Waals surface area contributed by atoms with E-state index in [0.29, 0.717) is 11.5 Å². The molecule has 112 valence electrons. The number of hydrogen-bond acceptors (Lipinski definition) is 2. The Labute approximate surface area is 120 Å². The number of likely N-dealkylation sites (tertiary alicyclic amines) is 1. The van der Waals surface area contributed by atoms with Gasteiger partial charge in [0.1, 0.15) is 0 Å². The first-order valence-electron chi connectivity index (χ1n) is 8.45. The van der Waals surface area contributed by atoms with Crippen LogP contribution in [0.3, 0.4) is 0 Å². The van der Waals surface area contributed by atoms with Crippen LogP contribution in [0.2, 0.25) is 0 Å². The molecule has 2 aliphatic rings. The second kappa shape index (κ2) is 6.13. The lowest BCUT2D eigenvalue weighted by molar-refractivity contribution is 0.00304. The first kappa shape index (κ1) is 15.3. The van der Waals surface area contributed by atoms with Crippen LogP contribution in [0.5, 0.6) is 0 Å². The van der Waals surface area contributed by atoms with E-state index in [0.717, 1.165) is 24.5 Å². The van der Waals surface area contributed by atoms with Crippen molar-refractivity contribution >= 4 is 0 Å². The van der Waals surface area contributed by atoms with Gasteiger partial charge in [-0.1, -0.05) is 34.1 Å². The van der Waals surface area contributed by atoms with Gasteiger partial charge in [0.15, 0.2) is 0 Å². The molecule has 4 atom stereocenters. The molecule has 0 aromatic heterocycles. The van der Waals surface area contributed by atoms with Crippen molar-refractivity contribution in [2.24, 2.45) is 11.3 Å². The van der Waals surface area contributed by atoms with E-state index < -0.39 is 0 Å². The average molecular weight is 266 g/mol. The summed E-state index contributed by atoms with van der Waals surface area (Å²) in [7, 11) is 0. The van der Waals surface area contributed by atoms with Crippen LogP contribution in [0, 0.1) is 11.3 Å². The molecule has 0 amide bonds. The van der Waals surface area contributed by atoms with Crippen LogP contribution >= 0.6 is 0 Å². The molecule has 19 heavy (non-hydrogen) atoms. The molecule has 0 bridgehead atoms. The number of nitrogens with one attached hydrogen (secondary N) is 1. The van der Waals surface area contributed by atoms with E-state index in [4.69, 9.17) is 0 Å². The third-order valence-corrected chi connectivity index (χ3v) is 5.59. The lowest BCUT2D eigenvalue weighted by Crippen LogP contribution is -2.61. The molecule has 1 N–H and O–H groups in total. The lowest BCUT2D eigenvalue weighted by atomic mass is 9.69. The third-order valence-electron chi connectivity index (χ3n) is 5.59. The number of nitrogens with zero attached hydrogens (tertiary/aromatic N) is 1. The van der Waals surface area contributed by atoms with Crippen LogP contribution < -0.4 is 5.32 Å². The molecule has 4 unspecified atom stereocenters. The quantitative estimate of drug-likeness (QED) is 0.838. The fraction of sp³-hybridized carbons (Fsp3) is 1.00. The number of piperidine rings is 1. The van der Waals surface area contributed by atoms with E-state index in [2.05, 4.69) is 44.8 Å². The Bertz CT molecular complexity index is 287. The van der Waals surface area contributed by atoms with Crippen LogP contribution in [-0.4, -0.2) is 36.1 Å². The summed E-state index contributed by atoms with van der Waals surface area (Å²) in [6, 6.07) is 2.19. The molecule has 2 rings (SSSR count). The number of likely N-dealkylation sites (N-methyl/N-ethyl adjacent to an activating group) is 1. The molecule has 1 aliphatic carbocycles. The van der Waals surface area contributed by atoms with Gasteiger partial charge in [-0.2, -0.15) is 0 Å². The molecule has 1 saturated heterocycles. The Hall–Kier alpha value is -0.0800. The second-order valence-electron chi connectivity index (χ2n) is 7.70. The Morgan fingerprint density at radius 2 is 1.95 bits per heavy atom. The van der Waals surface area contributed by atoms with Gasteiger partial charge < -0.3 is 5.32 Å². The highest BCUT2D eigenvalue weighted by Crippen LogP contribution is 2.39. The smallest absolute Gasteiger partial charge is 0.0274 e. The Kier molecular flexibility index (Phi) is 4.94. The largest absolute Gasteiger partial charge is 0.312 e. The van der Waals surface area contributed by atoms with E-state index >= 15 is 0 Å². The summed E-state index contributed by atoms with van der Waals surface area (Å²) >= 11 is 0. The first-order valence-corrected chi connectivity index (χ1v) is 8.45. The monoisotopic (exact) mass is 266 g/mol. The van der Waals surface area contributed by atoms with Crippen molar-refractivity contribution in [1.29, 1.82) is 0 Å². The number of hydrogen-bond donors (Lipinski definition) is 1. The van der Waals surface area contributed by atoms with Gasteiger partial charge in [-0.05, 0) is 57.0 Å². The van der Waals surface area contributed by atoms with Crippen molar-refractivity contribution in [3.8, 4) is 0 Å². The van der Waals surface area contributed by atoms with Crippen LogP contribution in [-0.2, 0) is 0 Å². The van der Waals surface area contributed by atoms with Crippen molar-refractivity contribution in [3.05, 3.63) is 0 Å². The van der Waals surface area contributed by atoms with E-state index in [-0.39, 0.29) is 0 Å². The van der Waals surface area contributed by atoms with Crippen LogP contribution in [0.4, 0.5) is 0 Å². The van der Waals surface area contributed by atoms with Crippen LogP contribution in [0.15, 0.2) is 0 Å². The molecule has 1 heterocycles. The van der Waals surface area contributed by atoms with Crippen LogP contribution in [0.1, 0.15) is 66.7 Å². The SMILES string of the molecule is CCNC1C(N2CCC(C)CC2C)CCCC1(C)C. The lowest BCUT2D eigenvalue weighted by Gasteiger charge is -2.52. The van der Waals surface area contributed by atoms with Crippen molar-refractivity contribution in [2.75, 3.05) is 13.1 Å². The van der Waals surface area contributed by atoms with Crippen molar-refractivity contribution in [2.45, 2.75) is 84.8 Å². The summed E-state index contributed by atoms with van der Waals surface area (Å²) in [6.07, 6.45) is 6.94. The minimum absolute atomic E-state index is 0.446. The summed E-state index contributed by atoms with van der Waals surface area (Å²) in [4.78, 5) is 2.83. The second-order valence-corrected chi connectivity index (χ2v) is 7.70. The zero-order valence-corrected chi connectivity index (χ0v) is 13.7. The molecule has 2 fully saturated rings. The highest BCUT2D eigenvalue weighted by atomic mass is 15.2. The molecule has 0 spiro atoms. The summed E-state index contributed by atoms with van der Waals surface area (Å²) in [5.74, 6) is 0.917. The number of rotatable bonds is 3. The standard InChI is InChI=1S/C17H34N2/c1-6-18-16-15(8-7-10-17(16,4)5)19-11-9-13(2)12-14(19)3/h13-16,18H,6-12H2,1-5H3. The zero-order chi connectivity index (χ0) is 14.0. The van der Waals surface area contributed by atoms with Gasteiger partial charge in [-0.25, -0.2) is 0 Å². The molecule has 0 aromatic rings. The molecule has 2 heteroatoms. The van der Waals surface area contributed by atoms with Gasteiger partial charge in [-0.3, -0.25) is 4.90 Å².